The third-order valence-electron chi connectivity index (χ3n) is 3.14. The molecule has 2 amide bonds. The van der Waals surface area contributed by atoms with Crippen molar-refractivity contribution in [3.63, 3.8) is 0 Å². The number of rotatable bonds is 1. The summed E-state index contributed by atoms with van der Waals surface area (Å²) in [6.45, 7) is 6.02. The number of halogens is 1. The molecule has 6 nitrogen and oxygen atoms in total. The number of aryl methyl sites for hydroxylation is 1. The van der Waals surface area contributed by atoms with Gasteiger partial charge in [0.25, 0.3) is 5.91 Å². The van der Waals surface area contributed by atoms with Gasteiger partial charge in [-0.25, -0.2) is 9.97 Å². The van der Waals surface area contributed by atoms with Crippen LogP contribution < -0.4 is 5.32 Å². The Morgan fingerprint density at radius 1 is 1.47 bits per heavy atom. The number of amides is 2. The fourth-order valence-corrected chi connectivity index (χ4v) is 2.26. The van der Waals surface area contributed by atoms with Gasteiger partial charge in [0.15, 0.2) is 0 Å². The number of carbonyl (C=O) groups excluding carboxylic acids is 2. The molecule has 0 aliphatic carbocycles. The van der Waals surface area contributed by atoms with Gasteiger partial charge in [-0.2, -0.15) is 0 Å². The molecule has 102 valence electrons. The van der Waals surface area contributed by atoms with Gasteiger partial charge in [0.1, 0.15) is 11.2 Å². The molecule has 0 bridgehead atoms. The highest BCUT2D eigenvalue weighted by Gasteiger charge is 2.41. The molecule has 0 saturated carbocycles. The zero-order valence-electron chi connectivity index (χ0n) is 11.0. The van der Waals surface area contributed by atoms with Gasteiger partial charge >= 0.3 is 0 Å². The first-order valence-electron chi connectivity index (χ1n) is 5.94. The maximum atomic E-state index is 12.5. The molecule has 1 saturated heterocycles. The van der Waals surface area contributed by atoms with Gasteiger partial charge in [-0.15, -0.1) is 0 Å². The van der Waals surface area contributed by atoms with Crippen LogP contribution in [0.2, 0.25) is 5.28 Å². The molecule has 0 unspecified atom stereocenters. The third-order valence-corrected chi connectivity index (χ3v) is 3.31. The highest BCUT2D eigenvalue weighted by atomic mass is 35.5. The van der Waals surface area contributed by atoms with Crippen LogP contribution in [0.5, 0.6) is 0 Å². The molecule has 0 radical (unpaired) electrons. The minimum Gasteiger partial charge on any atom is -0.352 e. The maximum absolute atomic E-state index is 12.5. The van der Waals surface area contributed by atoms with Crippen LogP contribution in [0.4, 0.5) is 0 Å². The molecule has 2 rings (SSSR count). The zero-order valence-corrected chi connectivity index (χ0v) is 11.8. The summed E-state index contributed by atoms with van der Waals surface area (Å²) in [5.74, 6) is -0.490. The third kappa shape index (κ3) is 2.53. The summed E-state index contributed by atoms with van der Waals surface area (Å²) in [6.07, 6.45) is 0. The first-order chi connectivity index (χ1) is 8.82. The highest BCUT2D eigenvalue weighted by Crippen LogP contribution is 2.20. The molecule has 19 heavy (non-hydrogen) atoms. The van der Waals surface area contributed by atoms with E-state index in [1.165, 1.54) is 4.90 Å². The number of nitrogens with zero attached hydrogens (tertiary/aromatic N) is 3. The summed E-state index contributed by atoms with van der Waals surface area (Å²) < 4.78 is 0. The summed E-state index contributed by atoms with van der Waals surface area (Å²) in [5, 5.41) is 2.77. The average molecular weight is 283 g/mol. The molecule has 1 aromatic heterocycles. The van der Waals surface area contributed by atoms with E-state index in [1.807, 2.05) is 0 Å². The predicted molar refractivity (Wildman–Crippen MR) is 69.9 cm³/mol. The second-order valence-corrected chi connectivity index (χ2v) is 5.27. The van der Waals surface area contributed by atoms with Crippen molar-refractivity contribution < 1.29 is 9.59 Å². The zero-order chi connectivity index (χ0) is 14.2. The van der Waals surface area contributed by atoms with Crippen molar-refractivity contribution in [2.45, 2.75) is 26.3 Å². The van der Waals surface area contributed by atoms with E-state index in [0.717, 1.165) is 0 Å². The van der Waals surface area contributed by atoms with Gasteiger partial charge in [-0.3, -0.25) is 9.59 Å². The predicted octanol–water partition coefficient (Wildman–Crippen LogP) is 0.789. The molecule has 1 fully saturated rings. The average Bonchev–Trinajstić information content (AvgIpc) is 2.30. The van der Waals surface area contributed by atoms with Gasteiger partial charge in [-0.1, -0.05) is 0 Å². The van der Waals surface area contributed by atoms with E-state index in [2.05, 4.69) is 15.3 Å². The molecule has 2 heterocycles. The lowest BCUT2D eigenvalue weighted by atomic mass is 9.98. The van der Waals surface area contributed by atoms with Crippen LogP contribution >= 0.6 is 11.6 Å². The molecule has 0 atom stereocenters. The molecule has 0 spiro atoms. The Morgan fingerprint density at radius 3 is 2.79 bits per heavy atom. The van der Waals surface area contributed by atoms with Crippen LogP contribution in [0.3, 0.4) is 0 Å². The lowest BCUT2D eigenvalue weighted by Gasteiger charge is -2.40. The van der Waals surface area contributed by atoms with Crippen molar-refractivity contribution >= 4 is 23.4 Å². The van der Waals surface area contributed by atoms with Crippen LogP contribution in [0.1, 0.15) is 30.0 Å². The normalized spacial score (nSPS) is 18.1. The van der Waals surface area contributed by atoms with E-state index in [0.29, 0.717) is 18.8 Å². The Balaban J connectivity index is 2.35. The van der Waals surface area contributed by atoms with E-state index in [-0.39, 0.29) is 22.8 Å². The minimum absolute atomic E-state index is 0.0302. The van der Waals surface area contributed by atoms with Crippen molar-refractivity contribution in [3.05, 3.63) is 22.7 Å². The molecular formula is C12H15ClN4O2. The minimum atomic E-state index is -0.902. The molecule has 1 aromatic rings. The first kappa shape index (κ1) is 13.7. The fraction of sp³-hybridized carbons (Fsp3) is 0.500. The summed E-state index contributed by atoms with van der Waals surface area (Å²) in [5.41, 5.74) is -0.0800. The maximum Gasteiger partial charge on any atom is 0.273 e. The van der Waals surface area contributed by atoms with Crippen molar-refractivity contribution in [1.29, 1.82) is 0 Å². The number of aromatic nitrogens is 2. The van der Waals surface area contributed by atoms with Gasteiger partial charge < -0.3 is 10.2 Å². The van der Waals surface area contributed by atoms with Crippen LogP contribution in [-0.4, -0.2) is 45.3 Å². The van der Waals surface area contributed by atoms with E-state index >= 15 is 0 Å². The van der Waals surface area contributed by atoms with E-state index in [1.54, 1.807) is 26.8 Å². The number of hydrogen-bond donors (Lipinski definition) is 1. The molecule has 1 N–H and O–H groups in total. The van der Waals surface area contributed by atoms with Crippen molar-refractivity contribution in [2.75, 3.05) is 13.1 Å². The van der Waals surface area contributed by atoms with Crippen molar-refractivity contribution in [2.24, 2.45) is 0 Å². The number of hydrogen-bond acceptors (Lipinski definition) is 4. The number of carbonyl (C=O) groups is 2. The van der Waals surface area contributed by atoms with Crippen LogP contribution in [0.25, 0.3) is 0 Å². The standard InChI is InChI=1S/C12H15ClN4O2/c1-7-6-8(16-11(13)15-7)9(18)17-5-4-14-10(19)12(17,2)3/h6H,4-5H2,1-3H3,(H,14,19). The highest BCUT2D eigenvalue weighted by molar-refractivity contribution is 6.28. The van der Waals surface area contributed by atoms with E-state index < -0.39 is 5.54 Å². The SMILES string of the molecule is Cc1cc(C(=O)N2CCNC(=O)C2(C)C)nc(Cl)n1. The van der Waals surface area contributed by atoms with Crippen LogP contribution in [0.15, 0.2) is 6.07 Å². The molecule has 1 aliphatic heterocycles. The lowest BCUT2D eigenvalue weighted by molar-refractivity contribution is -0.133. The summed E-state index contributed by atoms with van der Waals surface area (Å²) >= 11 is 5.76. The quantitative estimate of drug-likeness (QED) is 0.773. The van der Waals surface area contributed by atoms with Gasteiger partial charge in [0, 0.05) is 18.8 Å². The van der Waals surface area contributed by atoms with Gasteiger partial charge in [-0.05, 0) is 38.4 Å². The Morgan fingerprint density at radius 2 is 2.16 bits per heavy atom. The summed E-state index contributed by atoms with van der Waals surface area (Å²) in [6, 6.07) is 1.57. The molecular weight excluding hydrogens is 268 g/mol. The Labute approximate surface area is 116 Å². The van der Waals surface area contributed by atoms with Crippen molar-refractivity contribution in [3.8, 4) is 0 Å². The first-order valence-corrected chi connectivity index (χ1v) is 6.31. The Kier molecular flexibility index (Phi) is 3.45. The Bertz CT molecular complexity index is 524. The van der Waals surface area contributed by atoms with E-state index in [4.69, 9.17) is 11.6 Å². The largest absolute Gasteiger partial charge is 0.352 e. The van der Waals surface area contributed by atoms with Crippen LogP contribution in [-0.2, 0) is 4.79 Å². The van der Waals surface area contributed by atoms with Gasteiger partial charge in [0.2, 0.25) is 11.2 Å². The van der Waals surface area contributed by atoms with Crippen LogP contribution in [0, 0.1) is 6.92 Å². The smallest absolute Gasteiger partial charge is 0.273 e. The number of piperazine rings is 1. The second-order valence-electron chi connectivity index (χ2n) is 4.94. The van der Waals surface area contributed by atoms with E-state index in [9.17, 15) is 9.59 Å². The lowest BCUT2D eigenvalue weighted by Crippen LogP contribution is -2.63. The monoisotopic (exact) mass is 282 g/mol. The summed E-state index contributed by atoms with van der Waals surface area (Å²) in [7, 11) is 0. The Hall–Kier alpha value is -1.69. The molecule has 1 aliphatic rings. The van der Waals surface area contributed by atoms with Gasteiger partial charge in [0.05, 0.1) is 0 Å². The number of nitrogens with one attached hydrogen (secondary N) is 1. The summed E-state index contributed by atoms with van der Waals surface area (Å²) in [4.78, 5) is 33.6. The molecule has 7 heteroatoms. The van der Waals surface area contributed by atoms with Crippen molar-refractivity contribution in [1.82, 2.24) is 20.2 Å². The molecule has 0 aromatic carbocycles. The second kappa shape index (κ2) is 4.77. The topological polar surface area (TPSA) is 75.2 Å². The fourth-order valence-electron chi connectivity index (χ4n) is 2.04.